The molecule has 1 aromatic rings. The number of rotatable bonds is 4. The van der Waals surface area contributed by atoms with Crippen LogP contribution in [0.1, 0.15) is 43.0 Å². The van der Waals surface area contributed by atoms with Crippen LogP contribution in [-0.2, 0) is 4.74 Å². The maximum Gasteiger partial charge on any atom is 0.0893 e. The fraction of sp³-hybridized carbons (Fsp3) is 0.667. The largest absolute Gasteiger partial charge is 0.376 e. The second-order valence-electron chi connectivity index (χ2n) is 4.56. The first kappa shape index (κ1) is 13.3. The molecule has 1 heterocycles. The molecule has 1 aliphatic rings. The van der Waals surface area contributed by atoms with Crippen LogP contribution >= 0.6 is 22.9 Å². The zero-order valence-electron chi connectivity index (χ0n) is 10.0. The Balaban J connectivity index is 2.29. The molecule has 2 rings (SSSR count). The number of thiophene rings is 1. The number of hydrogen-bond acceptors (Lipinski definition) is 4. The first-order valence-corrected chi connectivity index (χ1v) is 7.23. The highest BCUT2D eigenvalue weighted by Crippen LogP contribution is 2.44. The van der Waals surface area contributed by atoms with Gasteiger partial charge in [-0.3, -0.25) is 5.84 Å². The Bertz CT molecular complexity index is 363. The highest BCUT2D eigenvalue weighted by molar-refractivity contribution is 7.10. The van der Waals surface area contributed by atoms with Gasteiger partial charge in [0.05, 0.1) is 16.7 Å². The van der Waals surface area contributed by atoms with Gasteiger partial charge in [0.25, 0.3) is 0 Å². The van der Waals surface area contributed by atoms with Crippen molar-refractivity contribution < 1.29 is 4.74 Å². The SMILES string of the molecule is COC1(C(NN)c2sccc2Cl)CCCCC1. The third kappa shape index (κ3) is 2.51. The molecule has 1 fully saturated rings. The normalized spacial score (nSPS) is 21.4. The van der Waals surface area contributed by atoms with Crippen molar-refractivity contribution in [2.24, 2.45) is 5.84 Å². The van der Waals surface area contributed by atoms with Crippen molar-refractivity contribution in [2.75, 3.05) is 7.11 Å². The third-order valence-corrected chi connectivity index (χ3v) is 5.13. The van der Waals surface area contributed by atoms with Crippen molar-refractivity contribution in [3.8, 4) is 0 Å². The summed E-state index contributed by atoms with van der Waals surface area (Å²) in [6, 6.07) is 1.90. The van der Waals surface area contributed by atoms with Crippen molar-refractivity contribution in [3.05, 3.63) is 21.3 Å². The topological polar surface area (TPSA) is 47.3 Å². The fourth-order valence-electron chi connectivity index (χ4n) is 2.74. The molecular weight excluding hydrogens is 256 g/mol. The molecule has 0 aromatic carbocycles. The van der Waals surface area contributed by atoms with Crippen LogP contribution in [0.2, 0.25) is 5.02 Å². The lowest BCUT2D eigenvalue weighted by Gasteiger charge is -2.41. The first-order valence-electron chi connectivity index (χ1n) is 5.97. The number of nitrogens with one attached hydrogen (secondary N) is 1. The van der Waals surface area contributed by atoms with Gasteiger partial charge >= 0.3 is 0 Å². The second kappa shape index (κ2) is 5.67. The van der Waals surface area contributed by atoms with Gasteiger partial charge in [-0.05, 0) is 24.3 Å². The van der Waals surface area contributed by atoms with Crippen LogP contribution in [0.15, 0.2) is 11.4 Å². The molecule has 0 radical (unpaired) electrons. The Morgan fingerprint density at radius 3 is 2.65 bits per heavy atom. The van der Waals surface area contributed by atoms with E-state index in [1.165, 1.54) is 19.3 Å². The summed E-state index contributed by atoms with van der Waals surface area (Å²) in [6.45, 7) is 0. The van der Waals surface area contributed by atoms with Crippen molar-refractivity contribution in [2.45, 2.75) is 43.7 Å². The Hall–Kier alpha value is -0.130. The lowest BCUT2D eigenvalue weighted by atomic mass is 9.79. The maximum atomic E-state index is 6.21. The van der Waals surface area contributed by atoms with Crippen molar-refractivity contribution in [3.63, 3.8) is 0 Å². The lowest BCUT2D eigenvalue weighted by molar-refractivity contribution is -0.0680. The predicted molar refractivity (Wildman–Crippen MR) is 72.2 cm³/mol. The summed E-state index contributed by atoms with van der Waals surface area (Å²) in [4.78, 5) is 1.08. The van der Waals surface area contributed by atoms with E-state index in [0.29, 0.717) is 0 Å². The van der Waals surface area contributed by atoms with Crippen LogP contribution in [0, 0.1) is 0 Å². The van der Waals surface area contributed by atoms with Gasteiger partial charge in [-0.15, -0.1) is 11.3 Å². The molecule has 3 nitrogen and oxygen atoms in total. The molecular formula is C12H19ClN2OS. The van der Waals surface area contributed by atoms with E-state index in [1.54, 1.807) is 18.4 Å². The number of methoxy groups -OCH3 is 1. The average molecular weight is 275 g/mol. The molecule has 96 valence electrons. The van der Waals surface area contributed by atoms with E-state index >= 15 is 0 Å². The third-order valence-electron chi connectivity index (χ3n) is 3.71. The molecule has 3 N–H and O–H groups in total. The molecule has 1 atom stereocenters. The van der Waals surface area contributed by atoms with E-state index in [-0.39, 0.29) is 11.6 Å². The Morgan fingerprint density at radius 2 is 2.18 bits per heavy atom. The van der Waals surface area contributed by atoms with Crippen LogP contribution in [0.5, 0.6) is 0 Å². The van der Waals surface area contributed by atoms with Crippen LogP contribution in [0.4, 0.5) is 0 Å². The predicted octanol–water partition coefficient (Wildman–Crippen LogP) is 3.26. The van der Waals surface area contributed by atoms with Crippen LogP contribution in [0.25, 0.3) is 0 Å². The summed E-state index contributed by atoms with van der Waals surface area (Å²) in [5.41, 5.74) is 2.70. The van der Waals surface area contributed by atoms with Gasteiger partial charge in [0, 0.05) is 12.0 Å². The minimum Gasteiger partial charge on any atom is -0.376 e. The van der Waals surface area contributed by atoms with E-state index < -0.39 is 0 Å². The molecule has 5 heteroatoms. The molecule has 1 aromatic heterocycles. The van der Waals surface area contributed by atoms with Crippen molar-refractivity contribution in [1.82, 2.24) is 5.43 Å². The van der Waals surface area contributed by atoms with Gasteiger partial charge in [0.2, 0.25) is 0 Å². The summed E-state index contributed by atoms with van der Waals surface area (Å²) in [6.07, 6.45) is 5.73. The van der Waals surface area contributed by atoms with E-state index in [2.05, 4.69) is 5.43 Å². The van der Waals surface area contributed by atoms with Gasteiger partial charge in [-0.2, -0.15) is 0 Å². The van der Waals surface area contributed by atoms with Crippen LogP contribution in [-0.4, -0.2) is 12.7 Å². The smallest absolute Gasteiger partial charge is 0.0893 e. The zero-order valence-corrected chi connectivity index (χ0v) is 11.6. The summed E-state index contributed by atoms with van der Waals surface area (Å²) in [7, 11) is 1.77. The number of hydrazine groups is 1. The molecule has 17 heavy (non-hydrogen) atoms. The van der Waals surface area contributed by atoms with E-state index in [1.807, 2.05) is 11.4 Å². The molecule has 1 aliphatic carbocycles. The van der Waals surface area contributed by atoms with Crippen molar-refractivity contribution >= 4 is 22.9 Å². The molecule has 0 saturated heterocycles. The quantitative estimate of drug-likeness (QED) is 0.654. The van der Waals surface area contributed by atoms with E-state index in [4.69, 9.17) is 22.2 Å². The number of hydrogen-bond donors (Lipinski definition) is 2. The Kier molecular flexibility index (Phi) is 4.44. The lowest BCUT2D eigenvalue weighted by Crippen LogP contribution is -2.49. The fourth-order valence-corrected chi connectivity index (χ4v) is 4.07. The second-order valence-corrected chi connectivity index (χ2v) is 5.92. The average Bonchev–Trinajstić information content (AvgIpc) is 2.78. The molecule has 0 aliphatic heterocycles. The van der Waals surface area contributed by atoms with Gasteiger partial charge in [-0.1, -0.05) is 30.9 Å². The zero-order chi connectivity index (χ0) is 12.3. The van der Waals surface area contributed by atoms with Gasteiger partial charge in [0.15, 0.2) is 0 Å². The first-order chi connectivity index (χ1) is 8.23. The highest BCUT2D eigenvalue weighted by atomic mass is 35.5. The molecule has 1 saturated carbocycles. The summed E-state index contributed by atoms with van der Waals surface area (Å²) in [5, 5.41) is 2.77. The molecule has 0 amide bonds. The van der Waals surface area contributed by atoms with E-state index in [0.717, 1.165) is 22.7 Å². The minimum absolute atomic E-state index is 0.0136. The van der Waals surface area contributed by atoms with E-state index in [9.17, 15) is 0 Å². The summed E-state index contributed by atoms with van der Waals surface area (Å²) >= 11 is 7.85. The van der Waals surface area contributed by atoms with Gasteiger partial charge in [0.1, 0.15) is 0 Å². The standard InChI is InChI=1S/C12H19ClN2OS/c1-16-12(6-3-2-4-7-12)11(15-14)10-9(13)5-8-17-10/h5,8,11,15H,2-4,6-7,14H2,1H3. The number of halogens is 1. The Morgan fingerprint density at radius 1 is 1.47 bits per heavy atom. The van der Waals surface area contributed by atoms with Crippen molar-refractivity contribution in [1.29, 1.82) is 0 Å². The molecule has 0 spiro atoms. The van der Waals surface area contributed by atoms with Crippen LogP contribution < -0.4 is 11.3 Å². The number of nitrogens with two attached hydrogens (primary N) is 1. The van der Waals surface area contributed by atoms with Gasteiger partial charge in [-0.25, -0.2) is 5.43 Å². The molecule has 0 bridgehead atoms. The monoisotopic (exact) mass is 274 g/mol. The summed E-state index contributed by atoms with van der Waals surface area (Å²) < 4.78 is 5.82. The Labute approximate surface area is 111 Å². The maximum absolute atomic E-state index is 6.21. The summed E-state index contributed by atoms with van der Waals surface area (Å²) in [5.74, 6) is 5.74. The van der Waals surface area contributed by atoms with Crippen LogP contribution in [0.3, 0.4) is 0 Å². The van der Waals surface area contributed by atoms with Gasteiger partial charge < -0.3 is 4.74 Å². The minimum atomic E-state index is -0.207. The highest BCUT2D eigenvalue weighted by Gasteiger charge is 2.41. The number of ether oxygens (including phenoxy) is 1. The molecule has 1 unspecified atom stereocenters.